The van der Waals surface area contributed by atoms with Crippen LogP contribution in [0.25, 0.3) is 0 Å². The van der Waals surface area contributed by atoms with Crippen LogP contribution in [-0.4, -0.2) is 31.4 Å². The predicted octanol–water partition coefficient (Wildman–Crippen LogP) is 2.13. The van der Waals surface area contributed by atoms with Crippen molar-refractivity contribution in [2.24, 2.45) is 11.7 Å². The maximum atomic E-state index is 5.82. The van der Waals surface area contributed by atoms with Crippen molar-refractivity contribution in [2.75, 3.05) is 26.4 Å². The van der Waals surface area contributed by atoms with E-state index in [1.165, 1.54) is 0 Å². The Morgan fingerprint density at radius 2 is 2.26 bits per heavy atom. The van der Waals surface area contributed by atoms with E-state index in [-0.39, 0.29) is 0 Å². The van der Waals surface area contributed by atoms with Crippen molar-refractivity contribution in [3.05, 3.63) is 23.8 Å². The lowest BCUT2D eigenvalue weighted by atomic mass is 10.1. The molecule has 0 aliphatic carbocycles. The first-order valence-corrected chi connectivity index (χ1v) is 6.88. The zero-order valence-electron chi connectivity index (χ0n) is 11.1. The first-order valence-electron chi connectivity index (χ1n) is 6.48. The zero-order chi connectivity index (χ0) is 13.7. The molecule has 2 N–H and O–H groups in total. The molecule has 5 heteroatoms. The van der Waals surface area contributed by atoms with Gasteiger partial charge >= 0.3 is 0 Å². The summed E-state index contributed by atoms with van der Waals surface area (Å²) < 4.78 is 16.7. The van der Waals surface area contributed by atoms with E-state index in [0.717, 1.165) is 30.9 Å². The molecule has 1 aromatic carbocycles. The number of benzene rings is 1. The lowest BCUT2D eigenvalue weighted by molar-refractivity contribution is 0.165. The van der Waals surface area contributed by atoms with Gasteiger partial charge in [-0.15, -0.1) is 0 Å². The Kier molecular flexibility index (Phi) is 4.99. The molecule has 1 fully saturated rings. The van der Waals surface area contributed by atoms with E-state index >= 15 is 0 Å². The van der Waals surface area contributed by atoms with E-state index in [1.807, 2.05) is 25.1 Å². The second-order valence-electron chi connectivity index (χ2n) is 4.50. The van der Waals surface area contributed by atoms with Crippen LogP contribution in [0.1, 0.15) is 18.9 Å². The number of rotatable bonds is 6. The first kappa shape index (κ1) is 14.1. The van der Waals surface area contributed by atoms with Crippen LogP contribution >= 0.6 is 12.2 Å². The van der Waals surface area contributed by atoms with E-state index in [9.17, 15) is 0 Å². The Labute approximate surface area is 118 Å². The second-order valence-corrected chi connectivity index (χ2v) is 4.94. The van der Waals surface area contributed by atoms with Crippen LogP contribution in [0.5, 0.6) is 11.5 Å². The molecule has 2 rings (SSSR count). The lowest BCUT2D eigenvalue weighted by Crippen LogP contribution is -2.13. The second kappa shape index (κ2) is 6.73. The van der Waals surface area contributed by atoms with E-state index in [2.05, 4.69) is 0 Å². The summed E-state index contributed by atoms with van der Waals surface area (Å²) in [7, 11) is 0. The van der Waals surface area contributed by atoms with Crippen LogP contribution in [0, 0.1) is 5.92 Å². The standard InChI is InChI=1S/C14H19NO3S/c1-2-17-13-7-11(14(15)19)3-4-12(13)18-9-10-5-6-16-8-10/h3-4,7,10H,2,5-6,8-9H2,1H3,(H2,15,19). The highest BCUT2D eigenvalue weighted by Crippen LogP contribution is 2.29. The highest BCUT2D eigenvalue weighted by Gasteiger charge is 2.17. The fourth-order valence-electron chi connectivity index (χ4n) is 1.97. The Balaban J connectivity index is 2.06. The molecule has 1 aliphatic rings. The molecule has 0 bridgehead atoms. The van der Waals surface area contributed by atoms with Gasteiger partial charge in [0.1, 0.15) is 4.99 Å². The summed E-state index contributed by atoms with van der Waals surface area (Å²) in [6.07, 6.45) is 1.05. The van der Waals surface area contributed by atoms with Gasteiger partial charge in [-0.2, -0.15) is 0 Å². The topological polar surface area (TPSA) is 53.7 Å². The average Bonchev–Trinajstić information content (AvgIpc) is 2.90. The molecule has 1 heterocycles. The Morgan fingerprint density at radius 1 is 1.42 bits per heavy atom. The maximum Gasteiger partial charge on any atom is 0.161 e. The SMILES string of the molecule is CCOc1cc(C(N)=S)ccc1OCC1CCOC1. The smallest absolute Gasteiger partial charge is 0.161 e. The number of ether oxygens (including phenoxy) is 3. The quantitative estimate of drug-likeness (QED) is 0.810. The summed E-state index contributed by atoms with van der Waals surface area (Å²) in [4.78, 5) is 0.358. The van der Waals surface area contributed by atoms with Crippen LogP contribution in [-0.2, 0) is 4.74 Å². The normalized spacial score (nSPS) is 18.3. The minimum atomic E-state index is 0.358. The van der Waals surface area contributed by atoms with Crippen LogP contribution in [0.15, 0.2) is 18.2 Å². The zero-order valence-corrected chi connectivity index (χ0v) is 11.9. The minimum Gasteiger partial charge on any atom is -0.490 e. The molecule has 104 valence electrons. The monoisotopic (exact) mass is 281 g/mol. The molecule has 0 aromatic heterocycles. The first-order chi connectivity index (χ1) is 9.20. The van der Waals surface area contributed by atoms with Crippen molar-refractivity contribution >= 4 is 17.2 Å². The largest absolute Gasteiger partial charge is 0.490 e. The van der Waals surface area contributed by atoms with E-state index in [1.54, 1.807) is 0 Å². The Hall–Kier alpha value is -1.33. The summed E-state index contributed by atoms with van der Waals surface area (Å²) in [5.74, 6) is 1.88. The third-order valence-corrected chi connectivity index (χ3v) is 3.26. The van der Waals surface area contributed by atoms with Crippen LogP contribution in [0.2, 0.25) is 0 Å². The molecule has 0 spiro atoms. The van der Waals surface area contributed by atoms with Crippen molar-refractivity contribution in [1.82, 2.24) is 0 Å². The summed E-state index contributed by atoms with van der Waals surface area (Å²) in [5, 5.41) is 0. The maximum absolute atomic E-state index is 5.82. The van der Waals surface area contributed by atoms with E-state index in [0.29, 0.717) is 29.9 Å². The molecule has 0 amide bonds. The number of nitrogens with two attached hydrogens (primary N) is 1. The van der Waals surface area contributed by atoms with Crippen molar-refractivity contribution in [3.8, 4) is 11.5 Å². The number of thiocarbonyl (C=S) groups is 1. The summed E-state index contributed by atoms with van der Waals surface area (Å²) in [6.45, 7) is 4.75. The van der Waals surface area contributed by atoms with Gasteiger partial charge in [-0.05, 0) is 31.5 Å². The van der Waals surface area contributed by atoms with Gasteiger partial charge in [-0.1, -0.05) is 12.2 Å². The van der Waals surface area contributed by atoms with Crippen LogP contribution < -0.4 is 15.2 Å². The van der Waals surface area contributed by atoms with Crippen molar-refractivity contribution in [3.63, 3.8) is 0 Å². The highest BCUT2D eigenvalue weighted by molar-refractivity contribution is 7.80. The van der Waals surface area contributed by atoms with Gasteiger partial charge in [0.25, 0.3) is 0 Å². The minimum absolute atomic E-state index is 0.358. The average molecular weight is 281 g/mol. The van der Waals surface area contributed by atoms with E-state index in [4.69, 9.17) is 32.2 Å². The van der Waals surface area contributed by atoms with E-state index < -0.39 is 0 Å². The lowest BCUT2D eigenvalue weighted by Gasteiger charge is -2.15. The molecule has 1 aliphatic heterocycles. The molecular formula is C14H19NO3S. The van der Waals surface area contributed by atoms with Gasteiger partial charge in [0.2, 0.25) is 0 Å². The molecule has 1 unspecified atom stereocenters. The number of hydrogen-bond acceptors (Lipinski definition) is 4. The summed E-state index contributed by atoms with van der Waals surface area (Å²) in [5.41, 5.74) is 6.41. The molecule has 1 saturated heterocycles. The molecule has 0 radical (unpaired) electrons. The third-order valence-electron chi connectivity index (χ3n) is 3.03. The summed E-state index contributed by atoms with van der Waals surface area (Å²) in [6, 6.07) is 5.53. The van der Waals surface area contributed by atoms with Gasteiger partial charge in [0, 0.05) is 18.1 Å². The number of hydrogen-bond donors (Lipinski definition) is 1. The molecule has 0 saturated carbocycles. The molecular weight excluding hydrogens is 262 g/mol. The van der Waals surface area contributed by atoms with Gasteiger partial charge in [0.05, 0.1) is 19.8 Å². The van der Waals surface area contributed by atoms with Crippen LogP contribution in [0.3, 0.4) is 0 Å². The fourth-order valence-corrected chi connectivity index (χ4v) is 2.10. The van der Waals surface area contributed by atoms with Gasteiger partial charge in [0.15, 0.2) is 11.5 Å². The van der Waals surface area contributed by atoms with Gasteiger partial charge in [-0.3, -0.25) is 0 Å². The third kappa shape index (κ3) is 3.81. The molecule has 1 atom stereocenters. The van der Waals surface area contributed by atoms with Gasteiger partial charge in [-0.25, -0.2) is 0 Å². The van der Waals surface area contributed by atoms with Gasteiger partial charge < -0.3 is 19.9 Å². The molecule has 19 heavy (non-hydrogen) atoms. The highest BCUT2D eigenvalue weighted by atomic mass is 32.1. The molecule has 4 nitrogen and oxygen atoms in total. The predicted molar refractivity (Wildman–Crippen MR) is 77.9 cm³/mol. The van der Waals surface area contributed by atoms with Crippen LogP contribution in [0.4, 0.5) is 0 Å². The fraction of sp³-hybridized carbons (Fsp3) is 0.500. The summed E-state index contributed by atoms with van der Waals surface area (Å²) >= 11 is 4.97. The van der Waals surface area contributed by atoms with Crippen molar-refractivity contribution in [2.45, 2.75) is 13.3 Å². The van der Waals surface area contributed by atoms with Crippen molar-refractivity contribution in [1.29, 1.82) is 0 Å². The Bertz CT molecular complexity index is 444. The van der Waals surface area contributed by atoms with Crippen molar-refractivity contribution < 1.29 is 14.2 Å². The Morgan fingerprint density at radius 3 is 2.89 bits per heavy atom. The molecule has 1 aromatic rings.